The minimum absolute atomic E-state index is 0.0538. The summed E-state index contributed by atoms with van der Waals surface area (Å²) in [4.78, 5) is 36.0. The van der Waals surface area contributed by atoms with Gasteiger partial charge in [0, 0.05) is 11.5 Å². The van der Waals surface area contributed by atoms with Gasteiger partial charge in [-0.3, -0.25) is 4.79 Å². The Bertz CT molecular complexity index is 946. The molecule has 0 radical (unpaired) electrons. The van der Waals surface area contributed by atoms with E-state index in [2.05, 4.69) is 5.32 Å². The Morgan fingerprint density at radius 2 is 1.79 bits per heavy atom. The number of amides is 1. The van der Waals surface area contributed by atoms with Crippen molar-refractivity contribution in [1.29, 1.82) is 0 Å². The smallest absolute Gasteiger partial charge is 0.340 e. The number of methoxy groups -OCH3 is 2. The molecule has 1 atom stereocenters. The van der Waals surface area contributed by atoms with Crippen LogP contribution < -0.4 is 25.5 Å². The molecule has 0 aliphatic rings. The molecule has 2 rings (SSSR count). The normalized spacial score (nSPS) is 12.1. The van der Waals surface area contributed by atoms with E-state index in [0.29, 0.717) is 28.0 Å². The summed E-state index contributed by atoms with van der Waals surface area (Å²) in [7, 11) is 2.96. The summed E-state index contributed by atoms with van der Waals surface area (Å²) in [6, 6.07) is 2.09. The zero-order valence-electron chi connectivity index (χ0n) is 16.6. The van der Waals surface area contributed by atoms with Gasteiger partial charge >= 0.3 is 5.63 Å². The van der Waals surface area contributed by atoms with Gasteiger partial charge < -0.3 is 29.1 Å². The van der Waals surface area contributed by atoms with Crippen LogP contribution in [0.5, 0.6) is 11.5 Å². The van der Waals surface area contributed by atoms with Crippen molar-refractivity contribution >= 4 is 22.8 Å². The van der Waals surface area contributed by atoms with E-state index in [1.165, 1.54) is 14.2 Å². The second kappa shape index (κ2) is 8.77. The lowest BCUT2D eigenvalue weighted by Gasteiger charge is -2.21. The van der Waals surface area contributed by atoms with E-state index in [4.69, 9.17) is 13.9 Å². The zero-order chi connectivity index (χ0) is 21.0. The molecule has 0 spiro atoms. The fourth-order valence-electron chi connectivity index (χ4n) is 3.01. The van der Waals surface area contributed by atoms with Gasteiger partial charge in [-0.25, -0.2) is 4.79 Å². The third kappa shape index (κ3) is 4.62. The number of hydrogen-bond acceptors (Lipinski definition) is 7. The minimum Gasteiger partial charge on any atom is -0.548 e. The molecule has 1 N–H and O–H groups in total. The summed E-state index contributed by atoms with van der Waals surface area (Å²) in [6.45, 7) is 5.37. The molecule has 1 heterocycles. The Morgan fingerprint density at radius 3 is 2.32 bits per heavy atom. The van der Waals surface area contributed by atoms with Crippen molar-refractivity contribution in [3.05, 3.63) is 33.7 Å². The van der Waals surface area contributed by atoms with Crippen LogP contribution in [0.15, 0.2) is 21.3 Å². The predicted molar refractivity (Wildman–Crippen MR) is 100 cm³/mol. The molecule has 2 aromatic rings. The highest BCUT2D eigenvalue weighted by molar-refractivity contribution is 5.88. The molecule has 1 aromatic carbocycles. The maximum atomic E-state index is 12.4. The molecule has 0 aliphatic carbocycles. The zero-order valence-corrected chi connectivity index (χ0v) is 16.6. The number of benzene rings is 1. The van der Waals surface area contributed by atoms with Crippen LogP contribution in [0.25, 0.3) is 11.0 Å². The molecule has 8 heteroatoms. The molecule has 1 aromatic heterocycles. The topological polar surface area (TPSA) is 118 Å². The number of carboxylic acid groups (broad SMARTS) is 1. The van der Waals surface area contributed by atoms with Gasteiger partial charge in [-0.15, -0.1) is 0 Å². The molecule has 152 valence electrons. The Labute approximate surface area is 162 Å². The van der Waals surface area contributed by atoms with Crippen LogP contribution >= 0.6 is 0 Å². The summed E-state index contributed by atoms with van der Waals surface area (Å²) in [5.41, 5.74) is 0.341. The first-order chi connectivity index (χ1) is 13.2. The second-order valence-electron chi connectivity index (χ2n) is 6.94. The second-order valence-corrected chi connectivity index (χ2v) is 6.94. The summed E-state index contributed by atoms with van der Waals surface area (Å²) < 4.78 is 15.8. The molecular formula is C20H24NO7-. The van der Waals surface area contributed by atoms with Gasteiger partial charge in [-0.05, 0) is 30.9 Å². The van der Waals surface area contributed by atoms with E-state index in [0.717, 1.165) is 0 Å². The van der Waals surface area contributed by atoms with Crippen molar-refractivity contribution in [3.8, 4) is 11.5 Å². The number of ether oxygens (including phenoxy) is 2. The Balaban J connectivity index is 2.37. The molecule has 0 bridgehead atoms. The molecule has 0 saturated carbocycles. The molecule has 0 unspecified atom stereocenters. The fraction of sp³-hybridized carbons (Fsp3) is 0.450. The fourth-order valence-corrected chi connectivity index (χ4v) is 3.01. The van der Waals surface area contributed by atoms with Gasteiger partial charge in [0.15, 0.2) is 11.5 Å². The van der Waals surface area contributed by atoms with E-state index < -0.39 is 23.5 Å². The lowest BCUT2D eigenvalue weighted by atomic mass is 10.0. The van der Waals surface area contributed by atoms with Crippen molar-refractivity contribution in [2.75, 3.05) is 14.2 Å². The van der Waals surface area contributed by atoms with E-state index >= 15 is 0 Å². The average molecular weight is 390 g/mol. The summed E-state index contributed by atoms with van der Waals surface area (Å²) in [6.07, 6.45) is -0.0727. The highest BCUT2D eigenvalue weighted by Crippen LogP contribution is 2.33. The lowest BCUT2D eigenvalue weighted by Crippen LogP contribution is -2.49. The summed E-state index contributed by atoms with van der Waals surface area (Å²) in [5, 5.41) is 14.2. The third-order valence-corrected chi connectivity index (χ3v) is 4.46. The maximum Gasteiger partial charge on any atom is 0.340 e. The van der Waals surface area contributed by atoms with Gasteiger partial charge in [0.2, 0.25) is 5.91 Å². The van der Waals surface area contributed by atoms with E-state index in [1.807, 2.05) is 13.8 Å². The molecular weight excluding hydrogens is 366 g/mol. The molecule has 8 nitrogen and oxygen atoms in total. The van der Waals surface area contributed by atoms with E-state index in [1.54, 1.807) is 19.1 Å². The monoisotopic (exact) mass is 390 g/mol. The SMILES string of the molecule is COc1cc2oc(=O)c(CC(=O)N[C@@H](CC(C)C)C(=O)[O-])c(C)c2cc1OC. The van der Waals surface area contributed by atoms with Crippen LogP contribution in [0.4, 0.5) is 0 Å². The number of nitrogens with one attached hydrogen (secondary N) is 1. The predicted octanol–water partition coefficient (Wildman–Crippen LogP) is 0.942. The number of carbonyl (C=O) groups excluding carboxylic acids is 2. The quantitative estimate of drug-likeness (QED) is 0.667. The molecule has 28 heavy (non-hydrogen) atoms. The van der Waals surface area contributed by atoms with Gasteiger partial charge in [0.05, 0.1) is 38.2 Å². The standard InChI is InChI=1S/C20H25NO7/c1-10(2)6-14(19(23)24)21-18(22)8-13-11(3)12-7-16(26-4)17(27-5)9-15(12)28-20(13)25/h7,9-10,14H,6,8H2,1-5H3,(H,21,22)(H,23,24)/p-1/t14-/m0/s1. The lowest BCUT2D eigenvalue weighted by molar-refractivity contribution is -0.308. The van der Waals surface area contributed by atoms with Gasteiger partial charge in [0.25, 0.3) is 0 Å². The number of carboxylic acids is 1. The third-order valence-electron chi connectivity index (χ3n) is 4.46. The van der Waals surface area contributed by atoms with Gasteiger partial charge in [0.1, 0.15) is 5.58 Å². The van der Waals surface area contributed by atoms with Crippen LogP contribution in [0.3, 0.4) is 0 Å². The molecule has 0 fully saturated rings. The summed E-state index contributed by atoms with van der Waals surface area (Å²) >= 11 is 0. The average Bonchev–Trinajstić information content (AvgIpc) is 2.63. The first kappa shape index (κ1) is 21.3. The molecule has 0 aliphatic heterocycles. The summed E-state index contributed by atoms with van der Waals surface area (Å²) in [5.74, 6) is -1.03. The van der Waals surface area contributed by atoms with Gasteiger partial charge in [-0.1, -0.05) is 13.8 Å². The first-order valence-electron chi connectivity index (χ1n) is 8.86. The van der Waals surface area contributed by atoms with Crippen molar-refractivity contribution in [3.63, 3.8) is 0 Å². The van der Waals surface area contributed by atoms with E-state index in [-0.39, 0.29) is 24.3 Å². The highest BCUT2D eigenvalue weighted by atomic mass is 16.5. The number of hydrogen-bond donors (Lipinski definition) is 1. The number of fused-ring (bicyclic) bond motifs is 1. The van der Waals surface area contributed by atoms with Crippen LogP contribution in [0, 0.1) is 12.8 Å². The van der Waals surface area contributed by atoms with Crippen molar-refractivity contribution < 1.29 is 28.6 Å². The van der Waals surface area contributed by atoms with Gasteiger partial charge in [-0.2, -0.15) is 0 Å². The number of rotatable bonds is 8. The maximum absolute atomic E-state index is 12.4. The Hall–Kier alpha value is -3.03. The number of aliphatic carboxylic acids is 1. The molecule has 1 amide bonds. The van der Waals surface area contributed by atoms with Crippen molar-refractivity contribution in [2.45, 2.75) is 39.7 Å². The Kier molecular flexibility index (Phi) is 6.66. The van der Waals surface area contributed by atoms with Crippen LogP contribution in [0.2, 0.25) is 0 Å². The first-order valence-corrected chi connectivity index (χ1v) is 8.86. The van der Waals surface area contributed by atoms with Crippen LogP contribution in [0.1, 0.15) is 31.4 Å². The minimum atomic E-state index is -1.36. The van der Waals surface area contributed by atoms with Crippen LogP contribution in [-0.4, -0.2) is 32.1 Å². The largest absolute Gasteiger partial charge is 0.548 e. The molecule has 0 saturated heterocycles. The van der Waals surface area contributed by atoms with Crippen LogP contribution in [-0.2, 0) is 16.0 Å². The van der Waals surface area contributed by atoms with Crippen molar-refractivity contribution in [1.82, 2.24) is 5.32 Å². The Morgan fingerprint density at radius 1 is 1.18 bits per heavy atom. The van der Waals surface area contributed by atoms with E-state index in [9.17, 15) is 19.5 Å². The number of aryl methyl sites for hydroxylation is 1. The number of carbonyl (C=O) groups is 2. The highest BCUT2D eigenvalue weighted by Gasteiger charge is 2.20. The van der Waals surface area contributed by atoms with Crippen molar-refractivity contribution in [2.24, 2.45) is 5.92 Å².